The second-order valence-corrected chi connectivity index (χ2v) is 7.34. The van der Waals surface area contributed by atoms with Gasteiger partial charge in [0.15, 0.2) is 0 Å². The number of amides is 2. The summed E-state index contributed by atoms with van der Waals surface area (Å²) in [6.45, 7) is 2.56. The molecule has 0 aromatic heterocycles. The molecule has 2 fully saturated rings. The Kier molecular flexibility index (Phi) is 5.72. The summed E-state index contributed by atoms with van der Waals surface area (Å²) in [6.07, 6.45) is 7.87. The quantitative estimate of drug-likeness (QED) is 0.742. The fraction of sp³-hybridized carbons (Fsp3) is 0.474. The van der Waals surface area contributed by atoms with E-state index in [0.29, 0.717) is 32.1 Å². The van der Waals surface area contributed by atoms with Gasteiger partial charge in [0.05, 0.1) is 0 Å². The molecule has 5 heteroatoms. The lowest BCUT2D eigenvalue weighted by atomic mass is 10.1. The maximum Gasteiger partial charge on any atom is 0.246 e. The number of piperazine rings is 1. The van der Waals surface area contributed by atoms with E-state index in [-0.39, 0.29) is 11.8 Å². The van der Waals surface area contributed by atoms with E-state index in [4.69, 9.17) is 0 Å². The Morgan fingerprint density at radius 2 is 1.62 bits per heavy atom. The summed E-state index contributed by atoms with van der Waals surface area (Å²) < 4.78 is 0.973. The van der Waals surface area contributed by atoms with Crippen LogP contribution in [-0.2, 0) is 9.59 Å². The molecule has 3 rings (SSSR count). The van der Waals surface area contributed by atoms with Crippen molar-refractivity contribution in [2.75, 3.05) is 26.2 Å². The van der Waals surface area contributed by atoms with Crippen molar-refractivity contribution in [3.8, 4) is 0 Å². The van der Waals surface area contributed by atoms with Crippen LogP contribution in [0.5, 0.6) is 0 Å². The zero-order chi connectivity index (χ0) is 16.9. The largest absolute Gasteiger partial charge is 0.339 e. The van der Waals surface area contributed by atoms with Crippen molar-refractivity contribution >= 4 is 33.8 Å². The molecule has 0 spiro atoms. The second-order valence-electron chi connectivity index (χ2n) is 6.49. The van der Waals surface area contributed by atoms with E-state index in [9.17, 15) is 9.59 Å². The molecule has 1 aliphatic heterocycles. The monoisotopic (exact) mass is 390 g/mol. The molecule has 0 bridgehead atoms. The number of nitrogens with zero attached hydrogens (tertiary/aromatic N) is 2. The topological polar surface area (TPSA) is 40.6 Å². The van der Waals surface area contributed by atoms with Crippen molar-refractivity contribution < 1.29 is 9.59 Å². The molecule has 0 N–H and O–H groups in total. The highest BCUT2D eigenvalue weighted by Gasteiger charge is 2.30. The minimum atomic E-state index is 0.0127. The lowest BCUT2D eigenvalue weighted by Crippen LogP contribution is -2.51. The minimum absolute atomic E-state index is 0.0127. The first-order valence-corrected chi connectivity index (χ1v) is 9.45. The Labute approximate surface area is 151 Å². The van der Waals surface area contributed by atoms with E-state index >= 15 is 0 Å². The Balaban J connectivity index is 1.51. The highest BCUT2D eigenvalue weighted by Crippen LogP contribution is 2.27. The fourth-order valence-corrected chi connectivity index (χ4v) is 3.87. The van der Waals surface area contributed by atoms with Gasteiger partial charge in [0.1, 0.15) is 0 Å². The predicted octanol–water partition coefficient (Wildman–Crippen LogP) is 3.32. The van der Waals surface area contributed by atoms with Gasteiger partial charge >= 0.3 is 0 Å². The molecule has 24 heavy (non-hydrogen) atoms. The molecule has 1 aromatic carbocycles. The standard InChI is InChI=1S/C19H23BrN2O2/c20-17-8-4-3-5-15(17)9-10-18(23)21-11-13-22(14-12-21)19(24)16-6-1-2-7-16/h3-5,8-10,16H,1-2,6-7,11-14H2/b10-9+. The molecule has 128 valence electrons. The van der Waals surface area contributed by atoms with Crippen LogP contribution in [0, 0.1) is 5.92 Å². The van der Waals surface area contributed by atoms with Crippen molar-refractivity contribution in [3.63, 3.8) is 0 Å². The summed E-state index contributed by atoms with van der Waals surface area (Å²) in [5.74, 6) is 0.532. The molecule has 4 nitrogen and oxygen atoms in total. The highest BCUT2D eigenvalue weighted by atomic mass is 79.9. The van der Waals surface area contributed by atoms with Crippen molar-refractivity contribution in [2.45, 2.75) is 25.7 Å². The average Bonchev–Trinajstić information content (AvgIpc) is 3.15. The first-order valence-electron chi connectivity index (χ1n) is 8.65. The summed E-state index contributed by atoms with van der Waals surface area (Å²) in [7, 11) is 0. The summed E-state index contributed by atoms with van der Waals surface area (Å²) >= 11 is 3.48. The number of hydrogen-bond donors (Lipinski definition) is 0. The van der Waals surface area contributed by atoms with Crippen LogP contribution < -0.4 is 0 Å². The van der Waals surface area contributed by atoms with Gasteiger partial charge in [0, 0.05) is 42.6 Å². The van der Waals surface area contributed by atoms with E-state index in [1.807, 2.05) is 40.1 Å². The fourth-order valence-electron chi connectivity index (χ4n) is 3.45. The molecular formula is C19H23BrN2O2. The van der Waals surface area contributed by atoms with Gasteiger partial charge in [-0.2, -0.15) is 0 Å². The third-order valence-corrected chi connectivity index (χ3v) is 5.64. The van der Waals surface area contributed by atoms with Crippen LogP contribution in [0.2, 0.25) is 0 Å². The number of benzene rings is 1. The van der Waals surface area contributed by atoms with E-state index in [0.717, 1.165) is 22.9 Å². The third kappa shape index (κ3) is 4.07. The number of hydrogen-bond acceptors (Lipinski definition) is 2. The van der Waals surface area contributed by atoms with Gasteiger partial charge in [-0.3, -0.25) is 9.59 Å². The van der Waals surface area contributed by atoms with Crippen molar-refractivity contribution in [2.24, 2.45) is 5.92 Å². The van der Waals surface area contributed by atoms with Crippen LogP contribution in [-0.4, -0.2) is 47.8 Å². The molecule has 0 atom stereocenters. The maximum atomic E-state index is 12.4. The van der Waals surface area contributed by atoms with Crippen molar-refractivity contribution in [1.29, 1.82) is 0 Å². The average molecular weight is 391 g/mol. The molecule has 0 radical (unpaired) electrons. The number of carbonyl (C=O) groups is 2. The number of carbonyl (C=O) groups excluding carboxylic acids is 2. The molecule has 1 heterocycles. The summed E-state index contributed by atoms with van der Waals surface area (Å²) in [4.78, 5) is 28.5. The SMILES string of the molecule is O=C(/C=C/c1ccccc1Br)N1CCN(C(=O)C2CCCC2)CC1. The van der Waals surface area contributed by atoms with Crippen LogP contribution in [0.15, 0.2) is 34.8 Å². The number of rotatable bonds is 3. The van der Waals surface area contributed by atoms with Gasteiger partial charge < -0.3 is 9.80 Å². The Hall–Kier alpha value is -1.62. The molecule has 1 saturated carbocycles. The lowest BCUT2D eigenvalue weighted by Gasteiger charge is -2.35. The van der Waals surface area contributed by atoms with E-state index in [1.54, 1.807) is 6.08 Å². The molecule has 1 aromatic rings. The van der Waals surface area contributed by atoms with Crippen molar-refractivity contribution in [3.05, 3.63) is 40.4 Å². The van der Waals surface area contributed by atoms with E-state index in [2.05, 4.69) is 15.9 Å². The minimum Gasteiger partial charge on any atom is -0.339 e. The lowest BCUT2D eigenvalue weighted by molar-refractivity contribution is -0.140. The molecule has 2 aliphatic rings. The van der Waals surface area contributed by atoms with Gasteiger partial charge in [0.2, 0.25) is 11.8 Å². The van der Waals surface area contributed by atoms with Gasteiger partial charge in [-0.1, -0.05) is 47.0 Å². The van der Waals surface area contributed by atoms with Crippen LogP contribution in [0.25, 0.3) is 6.08 Å². The van der Waals surface area contributed by atoms with Crippen LogP contribution in [0.3, 0.4) is 0 Å². The van der Waals surface area contributed by atoms with E-state index in [1.165, 1.54) is 12.8 Å². The van der Waals surface area contributed by atoms with Gasteiger partial charge in [0.25, 0.3) is 0 Å². The van der Waals surface area contributed by atoms with Gasteiger partial charge in [-0.15, -0.1) is 0 Å². The Morgan fingerprint density at radius 3 is 2.29 bits per heavy atom. The van der Waals surface area contributed by atoms with Gasteiger partial charge in [-0.05, 0) is 30.5 Å². The molecular weight excluding hydrogens is 368 g/mol. The zero-order valence-corrected chi connectivity index (χ0v) is 15.4. The first kappa shape index (κ1) is 17.2. The summed E-state index contributed by atoms with van der Waals surface area (Å²) in [5, 5.41) is 0. The van der Waals surface area contributed by atoms with Crippen LogP contribution >= 0.6 is 15.9 Å². The molecule has 1 saturated heterocycles. The normalized spacial score (nSPS) is 19.2. The number of halogens is 1. The molecule has 0 unspecified atom stereocenters. The van der Waals surface area contributed by atoms with Crippen LogP contribution in [0.1, 0.15) is 31.2 Å². The van der Waals surface area contributed by atoms with Crippen molar-refractivity contribution in [1.82, 2.24) is 9.80 Å². The first-order chi connectivity index (χ1) is 11.6. The third-order valence-electron chi connectivity index (χ3n) is 4.92. The predicted molar refractivity (Wildman–Crippen MR) is 98.3 cm³/mol. The van der Waals surface area contributed by atoms with Crippen LogP contribution in [0.4, 0.5) is 0 Å². The summed E-state index contributed by atoms with van der Waals surface area (Å²) in [5.41, 5.74) is 0.987. The molecule has 1 aliphatic carbocycles. The maximum absolute atomic E-state index is 12.4. The van der Waals surface area contributed by atoms with Gasteiger partial charge in [-0.25, -0.2) is 0 Å². The zero-order valence-electron chi connectivity index (χ0n) is 13.8. The highest BCUT2D eigenvalue weighted by molar-refractivity contribution is 9.10. The molecule has 2 amide bonds. The Bertz CT molecular complexity index is 630. The Morgan fingerprint density at radius 1 is 1.00 bits per heavy atom. The van der Waals surface area contributed by atoms with E-state index < -0.39 is 0 Å². The smallest absolute Gasteiger partial charge is 0.246 e. The second kappa shape index (κ2) is 7.97. The summed E-state index contributed by atoms with van der Waals surface area (Å²) in [6, 6.07) is 7.82.